The van der Waals surface area contributed by atoms with Crippen LogP contribution in [0.1, 0.15) is 23.0 Å². The van der Waals surface area contributed by atoms with Crippen LogP contribution in [0.25, 0.3) is 27.8 Å². The van der Waals surface area contributed by atoms with Gasteiger partial charge in [0.2, 0.25) is 0 Å². The van der Waals surface area contributed by atoms with Crippen LogP contribution in [0.5, 0.6) is 0 Å². The van der Waals surface area contributed by atoms with Crippen molar-refractivity contribution in [1.29, 1.82) is 0 Å². The molecular weight excluding hydrogens is 488 g/mol. The molecule has 6 nitrogen and oxygen atoms in total. The lowest BCUT2D eigenvalue weighted by Gasteiger charge is -2.07. The van der Waals surface area contributed by atoms with Crippen LogP contribution in [0.2, 0.25) is 5.02 Å². The van der Waals surface area contributed by atoms with Gasteiger partial charge in [0.25, 0.3) is 0 Å². The van der Waals surface area contributed by atoms with Crippen molar-refractivity contribution in [2.45, 2.75) is 13.8 Å². The number of carbonyl (C=O) groups is 1. The van der Waals surface area contributed by atoms with Crippen molar-refractivity contribution in [1.82, 2.24) is 19.1 Å². The summed E-state index contributed by atoms with van der Waals surface area (Å²) in [6.07, 6.45) is 0. The van der Waals surface area contributed by atoms with E-state index in [-0.39, 0.29) is 12.3 Å². The molecule has 0 aliphatic carbocycles. The number of hydrogen-bond acceptors (Lipinski definition) is 6. The predicted molar refractivity (Wildman–Crippen MR) is 121 cm³/mol. The summed E-state index contributed by atoms with van der Waals surface area (Å²) >= 11 is 11.2. The molecule has 0 fully saturated rings. The molecule has 0 aliphatic rings. The lowest BCUT2D eigenvalue weighted by molar-refractivity contribution is 0.0518. The zero-order valence-corrected chi connectivity index (χ0v) is 19.3. The minimum Gasteiger partial charge on any atom is -0.461 e. The number of carbonyl (C=O) groups excluding carboxylic acids is 1. The highest BCUT2D eigenvalue weighted by atomic mass is 79.9. The summed E-state index contributed by atoms with van der Waals surface area (Å²) in [6, 6.07) is 15.2. The lowest BCUT2D eigenvalue weighted by Crippen LogP contribution is -2.07. The Balaban J connectivity index is 1.89. The molecule has 2 heterocycles. The van der Waals surface area contributed by atoms with E-state index in [0.717, 1.165) is 11.1 Å². The molecule has 30 heavy (non-hydrogen) atoms. The second kappa shape index (κ2) is 8.67. The number of aromatic nitrogens is 4. The number of aryl methyl sites for hydroxylation is 1. The van der Waals surface area contributed by atoms with Gasteiger partial charge in [-0.15, -0.1) is 0 Å². The maximum atomic E-state index is 12.4. The van der Waals surface area contributed by atoms with Crippen molar-refractivity contribution < 1.29 is 9.53 Å². The van der Waals surface area contributed by atoms with Crippen molar-refractivity contribution in [2.24, 2.45) is 0 Å². The highest BCUT2D eigenvalue weighted by molar-refractivity contribution is 9.10. The molecular formula is C21H16BrClN4O2S. The predicted octanol–water partition coefficient (Wildman–Crippen LogP) is 5.96. The number of ether oxygens (including phenoxy) is 1. The smallest absolute Gasteiger partial charge is 0.360 e. The Bertz CT molecular complexity index is 1240. The van der Waals surface area contributed by atoms with Gasteiger partial charge in [0, 0.05) is 5.56 Å². The number of nitrogens with zero attached hydrogens (tertiary/aromatic N) is 4. The summed E-state index contributed by atoms with van der Waals surface area (Å²) in [6.45, 7) is 4.01. The summed E-state index contributed by atoms with van der Waals surface area (Å²) in [5.41, 5.74) is 3.40. The van der Waals surface area contributed by atoms with Crippen LogP contribution in [0.15, 0.2) is 53.0 Å². The largest absolute Gasteiger partial charge is 0.461 e. The van der Waals surface area contributed by atoms with Crippen molar-refractivity contribution in [3.63, 3.8) is 0 Å². The normalized spacial score (nSPS) is 10.9. The minimum absolute atomic E-state index is 0.152. The monoisotopic (exact) mass is 502 g/mol. The quantitative estimate of drug-likeness (QED) is 0.314. The molecule has 9 heteroatoms. The second-order valence-electron chi connectivity index (χ2n) is 6.39. The van der Waals surface area contributed by atoms with Crippen molar-refractivity contribution in [2.75, 3.05) is 6.61 Å². The molecule has 0 N–H and O–H groups in total. The molecule has 2 aromatic heterocycles. The molecule has 0 saturated carbocycles. The van der Waals surface area contributed by atoms with Gasteiger partial charge in [0.15, 0.2) is 16.5 Å². The number of halogens is 2. The van der Waals surface area contributed by atoms with Crippen LogP contribution in [-0.4, -0.2) is 31.7 Å². The first-order valence-corrected chi connectivity index (χ1v) is 11.1. The average Bonchev–Trinajstić information content (AvgIpc) is 3.33. The molecule has 0 radical (unpaired) electrons. The third-order valence-corrected chi connectivity index (χ3v) is 6.07. The number of rotatable bonds is 5. The molecule has 0 atom stereocenters. The Hall–Kier alpha value is -2.55. The van der Waals surface area contributed by atoms with E-state index < -0.39 is 5.97 Å². The zero-order chi connectivity index (χ0) is 21.3. The summed E-state index contributed by atoms with van der Waals surface area (Å²) in [7, 11) is 0. The number of hydrogen-bond donors (Lipinski definition) is 0. The van der Waals surface area contributed by atoms with Gasteiger partial charge in [0.05, 0.1) is 21.8 Å². The molecule has 152 valence electrons. The Labute approximate surface area is 190 Å². The molecule has 0 saturated heterocycles. The summed E-state index contributed by atoms with van der Waals surface area (Å²) in [5.74, 6) is 0.0787. The van der Waals surface area contributed by atoms with Crippen LogP contribution in [0.4, 0.5) is 0 Å². The Kier molecular flexibility index (Phi) is 5.99. The van der Waals surface area contributed by atoms with E-state index in [4.69, 9.17) is 21.3 Å². The first-order chi connectivity index (χ1) is 14.5. The van der Waals surface area contributed by atoms with E-state index in [9.17, 15) is 4.79 Å². The highest BCUT2D eigenvalue weighted by Gasteiger charge is 2.27. The number of esters is 1. The van der Waals surface area contributed by atoms with Gasteiger partial charge in [-0.05, 0) is 59.5 Å². The highest BCUT2D eigenvalue weighted by Crippen LogP contribution is 2.37. The standard InChI is InChI=1S/C21H16BrClN4O2S/c1-3-29-21(28)17-16(22)18(27(25-17)15-10-5-4-9-14(15)23)20-24-19(26-30-20)13-8-6-7-12(2)11-13/h4-11H,3H2,1-2H3. The summed E-state index contributed by atoms with van der Waals surface area (Å²) < 4.78 is 11.7. The van der Waals surface area contributed by atoms with E-state index >= 15 is 0 Å². The van der Waals surface area contributed by atoms with Crippen LogP contribution in [0, 0.1) is 6.92 Å². The van der Waals surface area contributed by atoms with Gasteiger partial charge in [-0.2, -0.15) is 9.47 Å². The van der Waals surface area contributed by atoms with Crippen molar-refractivity contribution in [3.05, 3.63) is 69.3 Å². The Morgan fingerprint density at radius 3 is 2.77 bits per heavy atom. The molecule has 0 spiro atoms. The molecule has 0 bridgehead atoms. The Morgan fingerprint density at radius 2 is 2.03 bits per heavy atom. The molecule has 4 rings (SSSR count). The van der Waals surface area contributed by atoms with E-state index in [1.54, 1.807) is 17.7 Å². The van der Waals surface area contributed by atoms with Crippen LogP contribution in [0.3, 0.4) is 0 Å². The third-order valence-electron chi connectivity index (χ3n) is 4.28. The third kappa shape index (κ3) is 3.90. The maximum Gasteiger partial charge on any atom is 0.360 e. The molecule has 4 aromatic rings. The van der Waals surface area contributed by atoms with E-state index in [0.29, 0.717) is 31.7 Å². The van der Waals surface area contributed by atoms with Crippen molar-refractivity contribution in [3.8, 4) is 27.8 Å². The molecule has 0 aliphatic heterocycles. The maximum absolute atomic E-state index is 12.4. The van der Waals surface area contributed by atoms with Crippen LogP contribution < -0.4 is 0 Å². The Morgan fingerprint density at radius 1 is 1.23 bits per heavy atom. The average molecular weight is 504 g/mol. The van der Waals surface area contributed by atoms with E-state index in [1.165, 1.54) is 11.5 Å². The SMILES string of the molecule is CCOC(=O)c1nn(-c2ccccc2Cl)c(-c2nc(-c3cccc(C)c3)ns2)c1Br. The topological polar surface area (TPSA) is 69.9 Å². The fourth-order valence-electron chi connectivity index (χ4n) is 2.93. The number of benzene rings is 2. The fraction of sp³-hybridized carbons (Fsp3) is 0.143. The van der Waals surface area contributed by atoms with Crippen LogP contribution >= 0.6 is 39.1 Å². The van der Waals surface area contributed by atoms with Gasteiger partial charge in [0.1, 0.15) is 5.69 Å². The van der Waals surface area contributed by atoms with Gasteiger partial charge in [-0.25, -0.2) is 14.5 Å². The molecule has 2 aromatic carbocycles. The molecule has 0 amide bonds. The first kappa shape index (κ1) is 20.7. The van der Waals surface area contributed by atoms with Gasteiger partial charge in [-0.1, -0.05) is 47.5 Å². The van der Waals surface area contributed by atoms with E-state index in [1.807, 2.05) is 49.4 Å². The van der Waals surface area contributed by atoms with Crippen molar-refractivity contribution >= 4 is 45.0 Å². The van der Waals surface area contributed by atoms with Gasteiger partial charge in [-0.3, -0.25) is 0 Å². The lowest BCUT2D eigenvalue weighted by atomic mass is 10.1. The molecule has 0 unspecified atom stereocenters. The zero-order valence-electron chi connectivity index (χ0n) is 16.1. The fourth-order valence-corrected chi connectivity index (χ4v) is 4.60. The summed E-state index contributed by atoms with van der Waals surface area (Å²) in [4.78, 5) is 17.2. The number of para-hydroxylation sites is 1. The first-order valence-electron chi connectivity index (χ1n) is 9.11. The van der Waals surface area contributed by atoms with E-state index in [2.05, 4.69) is 25.4 Å². The summed E-state index contributed by atoms with van der Waals surface area (Å²) in [5, 5.41) is 5.57. The minimum atomic E-state index is -0.528. The second-order valence-corrected chi connectivity index (χ2v) is 8.34. The van der Waals surface area contributed by atoms with Crippen LogP contribution in [-0.2, 0) is 4.74 Å². The van der Waals surface area contributed by atoms with Gasteiger partial charge >= 0.3 is 5.97 Å². The van der Waals surface area contributed by atoms with Gasteiger partial charge < -0.3 is 4.74 Å².